The van der Waals surface area contributed by atoms with Crippen LogP contribution < -0.4 is 66.9 Å². The lowest BCUT2D eigenvalue weighted by atomic mass is 9.81. The van der Waals surface area contributed by atoms with Crippen LogP contribution in [0.4, 0.5) is 80.8 Å². The van der Waals surface area contributed by atoms with Gasteiger partial charge in [0.25, 0.3) is 11.5 Å². The summed E-state index contributed by atoms with van der Waals surface area (Å²) in [7, 11) is 2.13. The molecule has 36 heteroatoms. The quantitative estimate of drug-likeness (QED) is 0.0458. The van der Waals surface area contributed by atoms with E-state index in [9.17, 15) is 37.4 Å². The van der Waals surface area contributed by atoms with Gasteiger partial charge in [0.05, 0.1) is 65.8 Å². The van der Waals surface area contributed by atoms with Gasteiger partial charge in [-0.05, 0) is 257 Å². The van der Waals surface area contributed by atoms with E-state index in [0.29, 0.717) is 77.4 Å². The highest BCUT2D eigenvalue weighted by Gasteiger charge is 2.43. The highest BCUT2D eigenvalue weighted by Crippen LogP contribution is 2.56. The monoisotopic (exact) mass is 1960 g/mol. The molecule has 139 heavy (non-hydrogen) atoms. The first-order valence-corrected chi connectivity index (χ1v) is 58.5. The molecule has 3 amide bonds. The zero-order chi connectivity index (χ0) is 98.7. The molecular formula is C103H133N23O9P4. The predicted octanol–water partition coefficient (Wildman–Crippen LogP) is 17.8. The Labute approximate surface area is 816 Å². The molecule has 2 aliphatic carbocycles. The number of rotatable bonds is 22. The van der Waals surface area contributed by atoms with Gasteiger partial charge in [-0.1, -0.05) is 63.1 Å². The first-order valence-electron chi connectivity index (χ1n) is 48.3. The van der Waals surface area contributed by atoms with Crippen LogP contribution in [-0.4, -0.2) is 241 Å². The maximum absolute atomic E-state index is 13.1. The molecule has 5 aromatic heterocycles. The summed E-state index contributed by atoms with van der Waals surface area (Å²) in [4.78, 5) is 99.8. The number of likely N-dealkylation sites (tertiary alicyclic amines) is 1. The second-order valence-electron chi connectivity index (χ2n) is 39.9. The van der Waals surface area contributed by atoms with Crippen molar-refractivity contribution >= 4 is 155 Å². The molecule has 11 heterocycles. The number of pyridine rings is 1. The number of hydrogen-bond acceptors (Lipinski definition) is 27. The van der Waals surface area contributed by atoms with Crippen LogP contribution >= 0.6 is 28.8 Å². The van der Waals surface area contributed by atoms with Crippen molar-refractivity contribution in [1.29, 1.82) is 0 Å². The summed E-state index contributed by atoms with van der Waals surface area (Å²) in [5, 5.41) is 22.5. The van der Waals surface area contributed by atoms with Gasteiger partial charge >= 0.3 is 0 Å². The second kappa shape index (κ2) is 42.3. The second-order valence-corrected chi connectivity index (χ2v) is 52.5. The van der Waals surface area contributed by atoms with Gasteiger partial charge in [-0.2, -0.15) is 15.1 Å². The number of amides is 3. The van der Waals surface area contributed by atoms with Crippen molar-refractivity contribution in [3.05, 3.63) is 214 Å². The average molecular weight is 1960 g/mol. The summed E-state index contributed by atoms with van der Waals surface area (Å²) in [5.41, 5.74) is 15.8. The van der Waals surface area contributed by atoms with Crippen LogP contribution in [0.5, 0.6) is 0 Å². The van der Waals surface area contributed by atoms with E-state index in [4.69, 9.17) is 24.6 Å². The van der Waals surface area contributed by atoms with E-state index in [2.05, 4.69) is 126 Å². The van der Waals surface area contributed by atoms with Crippen molar-refractivity contribution in [2.75, 3.05) is 198 Å². The molecule has 734 valence electrons. The molecule has 19 rings (SSSR count). The third-order valence-corrected chi connectivity index (χ3v) is 33.6. The van der Waals surface area contributed by atoms with Crippen molar-refractivity contribution in [2.24, 2.45) is 24.0 Å². The largest absolute Gasteiger partial charge is 0.369 e. The van der Waals surface area contributed by atoms with Gasteiger partial charge in [-0.25, -0.2) is 29.6 Å². The number of benzene rings is 6. The summed E-state index contributed by atoms with van der Waals surface area (Å²) in [6, 6.07) is 47.7. The Kier molecular flexibility index (Phi) is 30.4. The minimum Gasteiger partial charge on any atom is -0.369 e. The van der Waals surface area contributed by atoms with Crippen LogP contribution in [0.3, 0.4) is 0 Å². The molecule has 8 aliphatic rings. The van der Waals surface area contributed by atoms with Crippen LogP contribution in [0, 0.1) is 18.8 Å². The van der Waals surface area contributed by atoms with Gasteiger partial charge in [-0.15, -0.1) is 0 Å². The van der Waals surface area contributed by atoms with Crippen molar-refractivity contribution in [1.82, 2.24) is 59.0 Å². The van der Waals surface area contributed by atoms with Gasteiger partial charge < -0.3 is 78.7 Å². The number of hydrogen-bond donors (Lipinski definition) is 4. The van der Waals surface area contributed by atoms with Crippen molar-refractivity contribution < 1.29 is 37.2 Å². The number of hydrazone groups is 1. The van der Waals surface area contributed by atoms with E-state index in [-0.39, 0.29) is 47.4 Å². The Morgan fingerprint density at radius 3 is 1.94 bits per heavy atom. The Hall–Kier alpha value is -11.9. The third-order valence-electron chi connectivity index (χ3n) is 27.6. The molecule has 4 N–H and O–H groups in total. The number of likely N-dealkylation sites (N-methyl/N-ethyl adjacent to an activating group) is 3. The molecule has 4 atom stereocenters. The van der Waals surface area contributed by atoms with Crippen LogP contribution in [0.25, 0.3) is 16.6 Å². The average Bonchev–Trinajstić information content (AvgIpc) is 1.62. The third kappa shape index (κ3) is 23.9. The van der Waals surface area contributed by atoms with Crippen LogP contribution in [-0.2, 0) is 52.0 Å². The fourth-order valence-electron chi connectivity index (χ4n) is 19.4. The van der Waals surface area contributed by atoms with E-state index in [1.165, 1.54) is 25.7 Å². The SMILES string of the molecule is CC(C)CCN1CC(=O)N(C)c2cnc(Nc3ccc(C4CCP(C)(=O)O4)cc3)nc21.CC1=NN(c2cccc(P(C)(C)=O)c2)C2c3nc(Nc4ccc(N5CCC(=O)N(C)CC5)cc4C)ncc3CCC12.CN1CCC(N(C)C(=O)c2ccc(Nc3cc4c(cn3)c(=O)n(C)n4-c3ccc(P(C)(C)=O)cc3)cc2)CC1.CN1CCN(C2CCCC2)c2nc(Nc3cccc(CP(C)(C)=O)c3)ncc21. The number of nitrogens with one attached hydrogen (secondary N) is 4. The number of nitrogens with zero attached hydrogens (tertiary/aromatic N) is 19. The number of aromatic nitrogens is 9. The van der Waals surface area contributed by atoms with E-state index < -0.39 is 28.8 Å². The zero-order valence-corrected chi connectivity index (χ0v) is 86.7. The summed E-state index contributed by atoms with van der Waals surface area (Å²) in [5.74, 6) is 5.13. The lowest BCUT2D eigenvalue weighted by Gasteiger charge is -2.39. The van der Waals surface area contributed by atoms with Crippen molar-refractivity contribution in [3.63, 3.8) is 0 Å². The molecule has 32 nitrogen and oxygen atoms in total. The molecule has 0 spiro atoms. The van der Waals surface area contributed by atoms with E-state index >= 15 is 0 Å². The van der Waals surface area contributed by atoms with Crippen LogP contribution in [0.15, 0.2) is 180 Å². The van der Waals surface area contributed by atoms with Crippen LogP contribution in [0.2, 0.25) is 0 Å². The fraction of sp³-hybridized carbons (Fsp3) is 0.437. The van der Waals surface area contributed by atoms with E-state index in [0.717, 1.165) is 198 Å². The van der Waals surface area contributed by atoms with Crippen molar-refractivity contribution in [3.8, 4) is 5.69 Å². The van der Waals surface area contributed by atoms with E-state index in [1.807, 2.05) is 187 Å². The highest BCUT2D eigenvalue weighted by molar-refractivity contribution is 7.70. The number of aryl methyl sites for hydroxylation is 2. The maximum atomic E-state index is 13.1. The Bertz CT molecular complexity index is 6650. The zero-order valence-electron chi connectivity index (χ0n) is 83.1. The minimum atomic E-state index is -2.44. The van der Waals surface area contributed by atoms with Gasteiger partial charge in [0.2, 0.25) is 37.0 Å². The van der Waals surface area contributed by atoms with Gasteiger partial charge in [0.15, 0.2) is 11.6 Å². The van der Waals surface area contributed by atoms with E-state index in [1.54, 1.807) is 69.4 Å². The molecule has 4 unspecified atom stereocenters. The standard InChI is InChI=1S/C31H38N7O2P.C29H35N6O3P.C22H30N5O3P.C21H30N5OP/c1-20-17-23(37-14-13-28(39)36(3)15-16-37)10-12-27(20)33-31-32-19-22-9-11-26-21(2)35-38(30(26)29(22)34-31)24-7-6-8-25(18-24)41(4,5)40;1-32-16-14-22(15-17-32)33(2)28(36)20-6-8-21(9-7-20)31-27-18-26-25(19-30-27)29(37)34(3)35(26)23-10-12-24(13-11-23)39(4,5)38;1-15(2)9-11-27-14-20(28)26(3)18-13-23-22(25-21(18)27)24-17-7-5-16(6-8-17)19-10-12-31(4,29)30-19;1-25-11-12-26(18-9-4-5-10-18)20-19(25)14-22-21(24-20)23-17-8-6-7-16(13-17)15-28(2,3)27/h6-8,10,12,17-19,26,30H,9,11,13-16H2,1-5H3,(H,32,33,34);6-13,18-19,22H,14-17H2,1-5H3,(H,30,31);5-8,13,15,19H,9-12,14H2,1-4H3,(H,23,24,25);6-8,13-14,18H,4-5,9-12,15H2,1-3H3,(H,22,23,24). The summed E-state index contributed by atoms with van der Waals surface area (Å²) >= 11 is 0. The Morgan fingerprint density at radius 2 is 1.25 bits per heavy atom. The molecule has 11 aromatic rings. The van der Waals surface area contributed by atoms with Gasteiger partial charge in [-0.3, -0.25) is 33.4 Å². The van der Waals surface area contributed by atoms with Gasteiger partial charge in [0, 0.05) is 187 Å². The normalized spacial score (nSPS) is 19.1. The first-order chi connectivity index (χ1) is 66.2. The molecule has 6 aromatic carbocycles. The number of carbonyl (C=O) groups excluding carboxylic acids is 3. The smallest absolute Gasteiger partial charge is 0.276 e. The summed E-state index contributed by atoms with van der Waals surface area (Å²) < 4.78 is 58.6. The Balaban J connectivity index is 0.000000135. The molecule has 1 saturated carbocycles. The summed E-state index contributed by atoms with van der Waals surface area (Å²) in [6.45, 7) is 28.4. The fourth-order valence-corrected chi connectivity index (χ4v) is 23.8. The minimum absolute atomic E-state index is 0.0254. The topological polar surface area (TPSA) is 336 Å². The number of piperidine rings is 1. The highest BCUT2D eigenvalue weighted by atomic mass is 31.2. The molecule has 4 fully saturated rings. The predicted molar refractivity (Wildman–Crippen MR) is 566 cm³/mol. The van der Waals surface area contributed by atoms with Crippen LogP contribution in [0.1, 0.15) is 135 Å². The molecular weight excluding hydrogens is 1830 g/mol. The first kappa shape index (κ1) is 100. The van der Waals surface area contributed by atoms with Gasteiger partial charge in [0.1, 0.15) is 31.8 Å². The lowest BCUT2D eigenvalue weighted by Crippen LogP contribution is -2.45. The molecule has 3 saturated heterocycles. The lowest BCUT2D eigenvalue weighted by molar-refractivity contribution is -0.129. The molecule has 0 bridgehead atoms. The molecule has 0 radical (unpaired) electrons. The number of anilines is 14. The number of carbonyl (C=O) groups is 3. The summed E-state index contributed by atoms with van der Waals surface area (Å²) in [6.07, 6.45) is 19.6. The van der Waals surface area contributed by atoms with Crippen molar-refractivity contribution in [2.45, 2.75) is 129 Å². The number of fused-ring (bicyclic) bond motifs is 6. The molecule has 6 aliphatic heterocycles. The Morgan fingerprint density at radius 1 is 0.597 bits per heavy atom. The maximum Gasteiger partial charge on any atom is 0.276 e.